The van der Waals surface area contributed by atoms with Gasteiger partial charge in [0.1, 0.15) is 6.10 Å². The van der Waals surface area contributed by atoms with E-state index in [-0.39, 0.29) is 6.47 Å². The van der Waals surface area contributed by atoms with Gasteiger partial charge in [0.25, 0.3) is 6.47 Å². The third kappa shape index (κ3) is 4.54. The van der Waals surface area contributed by atoms with Crippen molar-refractivity contribution in [2.75, 3.05) is 0 Å². The first kappa shape index (κ1) is 14.9. The second-order valence-electron chi connectivity index (χ2n) is 3.91. The van der Waals surface area contributed by atoms with Gasteiger partial charge in [-0.1, -0.05) is 60.2 Å². The lowest BCUT2D eigenvalue weighted by molar-refractivity contribution is -0.270. The highest BCUT2D eigenvalue weighted by molar-refractivity contribution is 5.32. The second kappa shape index (κ2) is 8.02. The Morgan fingerprint density at radius 1 is 1.00 bits per heavy atom. The van der Waals surface area contributed by atoms with Crippen LogP contribution in [0, 0.1) is 6.92 Å². The molecule has 0 saturated heterocycles. The molecule has 0 bridgehead atoms. The van der Waals surface area contributed by atoms with E-state index in [9.17, 15) is 0 Å². The van der Waals surface area contributed by atoms with Crippen molar-refractivity contribution in [1.29, 1.82) is 0 Å². The molecule has 2 aromatic rings. The first-order valence-corrected chi connectivity index (χ1v) is 5.72. The van der Waals surface area contributed by atoms with Crippen molar-refractivity contribution in [3.05, 3.63) is 71.3 Å². The van der Waals surface area contributed by atoms with Gasteiger partial charge in [-0.3, -0.25) is 10.1 Å². The van der Waals surface area contributed by atoms with Gasteiger partial charge in [0.15, 0.2) is 0 Å². The van der Waals surface area contributed by atoms with Crippen LogP contribution >= 0.6 is 0 Å². The first-order valence-electron chi connectivity index (χ1n) is 5.72. The largest absolute Gasteiger partial charge is 0.483 e. The molecule has 100 valence electrons. The summed E-state index contributed by atoms with van der Waals surface area (Å²) in [6.45, 7) is 1.78. The van der Waals surface area contributed by atoms with Gasteiger partial charge in [-0.2, -0.15) is 0 Å². The summed E-state index contributed by atoms with van der Waals surface area (Å²) in [5, 5.41) is 15.9. The van der Waals surface area contributed by atoms with E-state index in [0.29, 0.717) is 0 Å². The SMILES string of the molecule is Cc1ccc(C(OO)c2ccccc2)cc1.O=CO. The van der Waals surface area contributed by atoms with E-state index in [1.165, 1.54) is 5.56 Å². The average Bonchev–Trinajstić information content (AvgIpc) is 2.44. The molecule has 4 heteroatoms. The fourth-order valence-electron chi connectivity index (χ4n) is 1.68. The number of carboxylic acid groups (broad SMARTS) is 1. The fourth-order valence-corrected chi connectivity index (χ4v) is 1.68. The number of rotatable bonds is 3. The van der Waals surface area contributed by atoms with Gasteiger partial charge in [0.2, 0.25) is 0 Å². The molecule has 1 unspecified atom stereocenters. The topological polar surface area (TPSA) is 66.8 Å². The van der Waals surface area contributed by atoms with Crippen molar-refractivity contribution in [2.45, 2.75) is 13.0 Å². The molecule has 0 heterocycles. The molecule has 0 aliphatic heterocycles. The van der Waals surface area contributed by atoms with E-state index < -0.39 is 6.10 Å². The van der Waals surface area contributed by atoms with Gasteiger partial charge in [-0.15, -0.1) is 0 Å². The number of carbonyl (C=O) groups is 1. The first-order chi connectivity index (χ1) is 9.22. The van der Waals surface area contributed by atoms with Gasteiger partial charge < -0.3 is 5.11 Å². The summed E-state index contributed by atoms with van der Waals surface area (Å²) in [6.07, 6.45) is -0.415. The predicted octanol–water partition coefficient (Wildman–Crippen LogP) is 3.27. The highest BCUT2D eigenvalue weighted by atomic mass is 17.1. The van der Waals surface area contributed by atoms with Crippen LogP contribution in [-0.4, -0.2) is 16.8 Å². The third-order valence-electron chi connectivity index (χ3n) is 2.59. The van der Waals surface area contributed by atoms with Crippen molar-refractivity contribution in [2.24, 2.45) is 0 Å². The average molecular weight is 260 g/mol. The number of aryl methyl sites for hydroxylation is 1. The van der Waals surface area contributed by atoms with E-state index in [0.717, 1.165) is 11.1 Å². The molecule has 19 heavy (non-hydrogen) atoms. The number of benzene rings is 2. The monoisotopic (exact) mass is 260 g/mol. The van der Waals surface area contributed by atoms with Gasteiger partial charge in [0, 0.05) is 0 Å². The molecule has 0 saturated carbocycles. The molecule has 4 nitrogen and oxygen atoms in total. The van der Waals surface area contributed by atoms with E-state index in [1.807, 2.05) is 61.5 Å². The van der Waals surface area contributed by atoms with Crippen LogP contribution in [0.4, 0.5) is 0 Å². The van der Waals surface area contributed by atoms with Crippen LogP contribution in [-0.2, 0) is 9.68 Å². The van der Waals surface area contributed by atoms with Crippen molar-refractivity contribution in [1.82, 2.24) is 0 Å². The van der Waals surface area contributed by atoms with E-state index in [2.05, 4.69) is 4.89 Å². The van der Waals surface area contributed by atoms with Gasteiger partial charge >= 0.3 is 0 Å². The normalized spacial score (nSPS) is 11.1. The zero-order valence-corrected chi connectivity index (χ0v) is 10.6. The Kier molecular flexibility index (Phi) is 6.29. The molecule has 2 aromatic carbocycles. The summed E-state index contributed by atoms with van der Waals surface area (Å²) >= 11 is 0. The Balaban J connectivity index is 0.000000550. The highest BCUT2D eigenvalue weighted by Crippen LogP contribution is 2.24. The number of hydrogen-bond acceptors (Lipinski definition) is 3. The van der Waals surface area contributed by atoms with Gasteiger partial charge in [-0.25, -0.2) is 4.89 Å². The molecule has 0 spiro atoms. The van der Waals surface area contributed by atoms with Crippen LogP contribution in [0.2, 0.25) is 0 Å². The zero-order chi connectivity index (χ0) is 14.1. The minimum absolute atomic E-state index is 0.250. The molecule has 0 aliphatic rings. The molecule has 0 aromatic heterocycles. The van der Waals surface area contributed by atoms with Crippen molar-refractivity contribution in [3.8, 4) is 0 Å². The lowest BCUT2D eigenvalue weighted by Gasteiger charge is -2.14. The second-order valence-corrected chi connectivity index (χ2v) is 3.91. The third-order valence-corrected chi connectivity index (χ3v) is 2.59. The summed E-state index contributed by atoms with van der Waals surface area (Å²) in [6, 6.07) is 17.6. The van der Waals surface area contributed by atoms with Crippen molar-refractivity contribution >= 4 is 6.47 Å². The molecular weight excluding hydrogens is 244 g/mol. The van der Waals surface area contributed by atoms with Crippen LogP contribution in [0.3, 0.4) is 0 Å². The van der Waals surface area contributed by atoms with Crippen LogP contribution in [0.25, 0.3) is 0 Å². The van der Waals surface area contributed by atoms with Crippen LogP contribution in [0.5, 0.6) is 0 Å². The molecular formula is C15H16O4. The maximum atomic E-state index is 9.00. The molecule has 0 fully saturated rings. The molecule has 2 rings (SSSR count). The molecule has 0 amide bonds. The summed E-state index contributed by atoms with van der Waals surface area (Å²) in [5.41, 5.74) is 3.07. The Labute approximate surface area is 111 Å². The quantitative estimate of drug-likeness (QED) is 0.505. The van der Waals surface area contributed by atoms with E-state index in [1.54, 1.807) is 0 Å². The minimum Gasteiger partial charge on any atom is -0.483 e. The molecule has 0 radical (unpaired) electrons. The predicted molar refractivity (Wildman–Crippen MR) is 71.9 cm³/mol. The Morgan fingerprint density at radius 2 is 1.47 bits per heavy atom. The summed E-state index contributed by atoms with van der Waals surface area (Å²) in [7, 11) is 0. The molecule has 0 aliphatic carbocycles. The summed E-state index contributed by atoms with van der Waals surface area (Å²) in [4.78, 5) is 12.9. The standard InChI is InChI=1S/C14H14O2.CH2O2/c1-11-7-9-13(10-8-11)14(16-15)12-5-3-2-4-6-12;2-1-3/h2-10,14-15H,1H3;1H,(H,2,3). The Bertz CT molecular complexity index is 479. The fraction of sp³-hybridized carbons (Fsp3) is 0.133. The zero-order valence-electron chi connectivity index (χ0n) is 10.6. The van der Waals surface area contributed by atoms with Crippen LogP contribution in [0.15, 0.2) is 54.6 Å². The maximum Gasteiger partial charge on any atom is 0.290 e. The lowest BCUT2D eigenvalue weighted by Crippen LogP contribution is -2.03. The Morgan fingerprint density at radius 3 is 1.95 bits per heavy atom. The smallest absolute Gasteiger partial charge is 0.290 e. The van der Waals surface area contributed by atoms with E-state index >= 15 is 0 Å². The van der Waals surface area contributed by atoms with Crippen LogP contribution in [0.1, 0.15) is 22.8 Å². The maximum absolute atomic E-state index is 9.00. The highest BCUT2D eigenvalue weighted by Gasteiger charge is 2.13. The Hall–Kier alpha value is -2.17. The van der Waals surface area contributed by atoms with Gasteiger partial charge in [-0.05, 0) is 18.1 Å². The minimum atomic E-state index is -0.415. The lowest BCUT2D eigenvalue weighted by atomic mass is 10.0. The van der Waals surface area contributed by atoms with Gasteiger partial charge in [0.05, 0.1) is 0 Å². The molecule has 2 N–H and O–H groups in total. The number of hydrogen-bond donors (Lipinski definition) is 2. The van der Waals surface area contributed by atoms with Crippen molar-refractivity contribution < 1.29 is 20.0 Å². The van der Waals surface area contributed by atoms with Crippen LogP contribution < -0.4 is 0 Å². The van der Waals surface area contributed by atoms with E-state index in [4.69, 9.17) is 15.2 Å². The summed E-state index contributed by atoms with van der Waals surface area (Å²) in [5.74, 6) is 0. The van der Waals surface area contributed by atoms with Crippen molar-refractivity contribution in [3.63, 3.8) is 0 Å². The molecule has 1 atom stereocenters. The summed E-state index contributed by atoms with van der Waals surface area (Å²) < 4.78 is 0.